The van der Waals surface area contributed by atoms with Crippen LogP contribution in [0.2, 0.25) is 0 Å². The van der Waals surface area contributed by atoms with Gasteiger partial charge in [-0.15, -0.1) is 0 Å². The normalized spacial score (nSPS) is 21.1. The zero-order chi connectivity index (χ0) is 11.8. The van der Waals surface area contributed by atoms with E-state index in [2.05, 4.69) is 5.10 Å². The quantitative estimate of drug-likeness (QED) is 0.767. The number of amides is 1. The van der Waals surface area contributed by atoms with Crippen molar-refractivity contribution in [3.05, 3.63) is 18.5 Å². The van der Waals surface area contributed by atoms with Gasteiger partial charge in [-0.05, 0) is 13.0 Å². The van der Waals surface area contributed by atoms with Crippen LogP contribution in [0.3, 0.4) is 0 Å². The van der Waals surface area contributed by atoms with E-state index in [1.54, 1.807) is 25.4 Å². The zero-order valence-electron chi connectivity index (χ0n) is 8.94. The average molecular weight is 229 g/mol. The lowest BCUT2D eigenvalue weighted by molar-refractivity contribution is -0.135. The van der Waals surface area contributed by atoms with E-state index >= 15 is 0 Å². The summed E-state index contributed by atoms with van der Waals surface area (Å²) >= 11 is 0. The number of carbonyl (C=O) groups excluding carboxylic acids is 1. The predicted molar refractivity (Wildman–Crippen MR) is 53.1 cm³/mol. The molecule has 2 rings (SSSR count). The van der Waals surface area contributed by atoms with Crippen LogP contribution in [-0.4, -0.2) is 39.6 Å². The summed E-state index contributed by atoms with van der Waals surface area (Å²) in [5.41, 5.74) is 0. The highest BCUT2D eigenvalue weighted by molar-refractivity contribution is 5.80. The highest BCUT2D eigenvalue weighted by Crippen LogP contribution is 2.28. The van der Waals surface area contributed by atoms with Crippen LogP contribution in [0.4, 0.5) is 8.78 Å². The largest absolute Gasteiger partial charge is 0.335 e. The van der Waals surface area contributed by atoms with Gasteiger partial charge in [0.25, 0.3) is 5.92 Å². The minimum Gasteiger partial charge on any atom is -0.335 e. The Morgan fingerprint density at radius 3 is 2.81 bits per heavy atom. The SMILES string of the molecule is C[C@@H](C(=O)N1CCC(F)(F)C1)n1cccn1. The number of halogens is 2. The van der Waals surface area contributed by atoms with Gasteiger partial charge in [0.15, 0.2) is 0 Å². The van der Waals surface area contributed by atoms with Gasteiger partial charge in [0.2, 0.25) is 5.91 Å². The average Bonchev–Trinajstić information content (AvgIpc) is 2.84. The fraction of sp³-hybridized carbons (Fsp3) is 0.600. The number of hydrogen-bond donors (Lipinski definition) is 0. The Kier molecular flexibility index (Phi) is 2.65. The van der Waals surface area contributed by atoms with Crippen LogP contribution < -0.4 is 0 Å². The molecule has 1 saturated heterocycles. The maximum absolute atomic E-state index is 12.9. The Hall–Kier alpha value is -1.46. The van der Waals surface area contributed by atoms with Gasteiger partial charge in [0.05, 0.1) is 6.54 Å². The molecule has 1 aromatic heterocycles. The standard InChI is InChI=1S/C10H13F2N3O/c1-8(15-5-2-4-13-15)9(16)14-6-3-10(11,12)7-14/h2,4-5,8H,3,6-7H2,1H3/t8-/m0/s1. The van der Waals surface area contributed by atoms with Crippen LogP contribution in [0.15, 0.2) is 18.5 Å². The molecule has 16 heavy (non-hydrogen) atoms. The lowest BCUT2D eigenvalue weighted by Gasteiger charge is -2.20. The van der Waals surface area contributed by atoms with Gasteiger partial charge in [-0.1, -0.05) is 0 Å². The fourth-order valence-corrected chi connectivity index (χ4v) is 1.81. The van der Waals surface area contributed by atoms with Crippen molar-refractivity contribution < 1.29 is 13.6 Å². The van der Waals surface area contributed by atoms with Gasteiger partial charge in [0, 0.05) is 25.4 Å². The second-order valence-corrected chi connectivity index (χ2v) is 4.03. The van der Waals surface area contributed by atoms with Crippen molar-refractivity contribution in [1.29, 1.82) is 0 Å². The number of likely N-dealkylation sites (tertiary alicyclic amines) is 1. The molecule has 2 heterocycles. The minimum atomic E-state index is -2.74. The van der Waals surface area contributed by atoms with Gasteiger partial charge in [-0.25, -0.2) is 8.78 Å². The van der Waals surface area contributed by atoms with Gasteiger partial charge < -0.3 is 4.90 Å². The van der Waals surface area contributed by atoms with Crippen LogP contribution >= 0.6 is 0 Å². The molecule has 0 spiro atoms. The third kappa shape index (κ3) is 2.05. The first-order valence-electron chi connectivity index (χ1n) is 5.15. The summed E-state index contributed by atoms with van der Waals surface area (Å²) in [6, 6.07) is 1.17. The Labute approximate surface area is 91.8 Å². The molecule has 1 amide bonds. The second kappa shape index (κ2) is 3.84. The summed E-state index contributed by atoms with van der Waals surface area (Å²) < 4.78 is 27.4. The minimum absolute atomic E-state index is 0.122. The molecule has 0 N–H and O–H groups in total. The van der Waals surface area contributed by atoms with E-state index in [1.807, 2.05) is 0 Å². The summed E-state index contributed by atoms with van der Waals surface area (Å²) in [5, 5.41) is 3.93. The van der Waals surface area contributed by atoms with Gasteiger partial charge >= 0.3 is 0 Å². The molecule has 0 aromatic carbocycles. The van der Waals surface area contributed by atoms with Crippen LogP contribution in [-0.2, 0) is 4.79 Å². The first-order valence-corrected chi connectivity index (χ1v) is 5.15. The van der Waals surface area contributed by atoms with Gasteiger partial charge in [-0.2, -0.15) is 5.10 Å². The van der Waals surface area contributed by atoms with Crippen molar-refractivity contribution in [2.45, 2.75) is 25.3 Å². The van der Waals surface area contributed by atoms with E-state index in [-0.39, 0.29) is 18.9 Å². The molecule has 0 aliphatic carbocycles. The first-order chi connectivity index (χ1) is 7.49. The molecule has 88 valence electrons. The van der Waals surface area contributed by atoms with Crippen molar-refractivity contribution in [2.24, 2.45) is 0 Å². The molecule has 0 unspecified atom stereocenters. The number of aromatic nitrogens is 2. The molecule has 1 atom stereocenters. The van der Waals surface area contributed by atoms with Crippen molar-refractivity contribution in [3.63, 3.8) is 0 Å². The number of hydrogen-bond acceptors (Lipinski definition) is 2. The number of carbonyl (C=O) groups is 1. The van der Waals surface area contributed by atoms with E-state index in [1.165, 1.54) is 9.58 Å². The van der Waals surface area contributed by atoms with Crippen molar-refractivity contribution in [3.8, 4) is 0 Å². The van der Waals surface area contributed by atoms with E-state index < -0.39 is 18.5 Å². The molecule has 1 aromatic rings. The topological polar surface area (TPSA) is 38.1 Å². The molecule has 0 radical (unpaired) electrons. The van der Waals surface area contributed by atoms with E-state index in [0.717, 1.165) is 0 Å². The molecule has 6 heteroatoms. The smallest absolute Gasteiger partial charge is 0.267 e. The molecule has 1 aliphatic heterocycles. The highest BCUT2D eigenvalue weighted by Gasteiger charge is 2.41. The predicted octanol–water partition coefficient (Wildman–Crippen LogP) is 1.31. The highest BCUT2D eigenvalue weighted by atomic mass is 19.3. The Morgan fingerprint density at radius 2 is 2.31 bits per heavy atom. The molecule has 0 bridgehead atoms. The lowest BCUT2D eigenvalue weighted by atomic mass is 10.3. The van der Waals surface area contributed by atoms with Crippen molar-refractivity contribution in [2.75, 3.05) is 13.1 Å². The molecule has 4 nitrogen and oxygen atoms in total. The summed E-state index contributed by atoms with van der Waals surface area (Å²) in [6.07, 6.45) is 2.96. The number of alkyl halides is 2. The molecule has 1 fully saturated rings. The fourth-order valence-electron chi connectivity index (χ4n) is 1.81. The Balaban J connectivity index is 2.04. The monoisotopic (exact) mass is 229 g/mol. The molecule has 0 saturated carbocycles. The molecule has 1 aliphatic rings. The summed E-state index contributed by atoms with van der Waals surface area (Å²) in [7, 11) is 0. The van der Waals surface area contributed by atoms with Gasteiger partial charge in [-0.3, -0.25) is 9.48 Å². The third-order valence-corrected chi connectivity index (χ3v) is 2.76. The second-order valence-electron chi connectivity index (χ2n) is 4.03. The summed E-state index contributed by atoms with van der Waals surface area (Å²) in [4.78, 5) is 13.1. The summed E-state index contributed by atoms with van der Waals surface area (Å²) in [6.45, 7) is 1.31. The first kappa shape index (κ1) is 11.0. The van der Waals surface area contributed by atoms with Crippen LogP contribution in [0.5, 0.6) is 0 Å². The van der Waals surface area contributed by atoms with Crippen molar-refractivity contribution >= 4 is 5.91 Å². The summed E-state index contributed by atoms with van der Waals surface area (Å²) in [5.74, 6) is -3.04. The Bertz CT molecular complexity index is 377. The molecular weight excluding hydrogens is 216 g/mol. The molecular formula is C10H13F2N3O. The van der Waals surface area contributed by atoms with Crippen LogP contribution in [0, 0.1) is 0 Å². The zero-order valence-corrected chi connectivity index (χ0v) is 8.94. The maximum atomic E-state index is 12.9. The van der Waals surface area contributed by atoms with Crippen LogP contribution in [0.1, 0.15) is 19.4 Å². The number of rotatable bonds is 2. The van der Waals surface area contributed by atoms with E-state index in [0.29, 0.717) is 0 Å². The Morgan fingerprint density at radius 1 is 1.56 bits per heavy atom. The van der Waals surface area contributed by atoms with E-state index in [4.69, 9.17) is 0 Å². The lowest BCUT2D eigenvalue weighted by Crippen LogP contribution is -2.36. The number of nitrogens with zero attached hydrogens (tertiary/aromatic N) is 3. The maximum Gasteiger partial charge on any atom is 0.267 e. The van der Waals surface area contributed by atoms with E-state index in [9.17, 15) is 13.6 Å². The van der Waals surface area contributed by atoms with Gasteiger partial charge in [0.1, 0.15) is 6.04 Å². The third-order valence-electron chi connectivity index (χ3n) is 2.76. The van der Waals surface area contributed by atoms with Crippen molar-refractivity contribution in [1.82, 2.24) is 14.7 Å². The van der Waals surface area contributed by atoms with Crippen LogP contribution in [0.25, 0.3) is 0 Å².